The monoisotopic (exact) mass is 543 g/mol. The van der Waals surface area contributed by atoms with E-state index in [2.05, 4.69) is 62.8 Å². The van der Waals surface area contributed by atoms with Gasteiger partial charge in [0.15, 0.2) is 15.6 Å². The smallest absolute Gasteiger partial charge is 0.229 e. The van der Waals surface area contributed by atoms with E-state index in [-0.39, 0.29) is 5.75 Å². The maximum Gasteiger partial charge on any atom is 0.229 e. The molecule has 0 aliphatic carbocycles. The Morgan fingerprint density at radius 3 is 2.46 bits per heavy atom. The number of anilines is 6. The van der Waals surface area contributed by atoms with Gasteiger partial charge in [-0.15, -0.1) is 0 Å². The Morgan fingerprint density at radius 1 is 1.03 bits per heavy atom. The standard InChI is InChI=1S/C29H33N7O2S/c1-4-36-26-15-14-24(18-25(26)34-29(36,30)19-21-8-6-5-7-9-21)35(2)27-16-17-31-28(33-27)32-23-12-10-22(11-13-23)20-39(3,37)38/h5-18,34H,4,19-20,30H2,1-3H3,(H,31,32,33). The van der Waals surface area contributed by atoms with Gasteiger partial charge >= 0.3 is 0 Å². The first kappa shape index (κ1) is 26.5. The van der Waals surface area contributed by atoms with Gasteiger partial charge in [-0.2, -0.15) is 4.98 Å². The number of aromatic nitrogens is 2. The van der Waals surface area contributed by atoms with Crippen molar-refractivity contribution >= 4 is 44.4 Å². The van der Waals surface area contributed by atoms with Crippen molar-refractivity contribution in [3.63, 3.8) is 0 Å². The molecule has 5 rings (SSSR count). The topological polar surface area (TPSA) is 116 Å². The summed E-state index contributed by atoms with van der Waals surface area (Å²) in [5, 5.41) is 6.76. The fraction of sp³-hybridized carbons (Fsp3) is 0.241. The van der Waals surface area contributed by atoms with E-state index in [0.29, 0.717) is 12.4 Å². The van der Waals surface area contributed by atoms with E-state index in [1.807, 2.05) is 48.3 Å². The van der Waals surface area contributed by atoms with Crippen molar-refractivity contribution in [2.75, 3.05) is 40.3 Å². The van der Waals surface area contributed by atoms with E-state index in [9.17, 15) is 8.42 Å². The van der Waals surface area contributed by atoms with Crippen LogP contribution in [0.25, 0.3) is 0 Å². The van der Waals surface area contributed by atoms with Crippen LogP contribution in [0.4, 0.5) is 34.5 Å². The lowest BCUT2D eigenvalue weighted by molar-refractivity contribution is 0.472. The third-order valence-electron chi connectivity index (χ3n) is 6.75. The van der Waals surface area contributed by atoms with Crippen LogP contribution in [0.5, 0.6) is 0 Å². The predicted molar refractivity (Wildman–Crippen MR) is 159 cm³/mol. The van der Waals surface area contributed by atoms with Crippen molar-refractivity contribution in [3.8, 4) is 0 Å². The normalized spacial score (nSPS) is 16.5. The highest BCUT2D eigenvalue weighted by Crippen LogP contribution is 2.41. The second-order valence-corrected chi connectivity index (χ2v) is 12.0. The zero-order valence-electron chi connectivity index (χ0n) is 22.3. The second-order valence-electron chi connectivity index (χ2n) is 9.85. The zero-order valence-corrected chi connectivity index (χ0v) is 23.1. The number of likely N-dealkylation sites (N-methyl/N-ethyl adjacent to an activating group) is 1. The number of hydrogen-bond acceptors (Lipinski definition) is 9. The van der Waals surface area contributed by atoms with Crippen molar-refractivity contribution in [1.29, 1.82) is 0 Å². The van der Waals surface area contributed by atoms with Crippen LogP contribution in [0.2, 0.25) is 0 Å². The van der Waals surface area contributed by atoms with Gasteiger partial charge in [-0.1, -0.05) is 42.5 Å². The van der Waals surface area contributed by atoms with Crippen LogP contribution in [0.3, 0.4) is 0 Å². The summed E-state index contributed by atoms with van der Waals surface area (Å²) in [7, 11) is -1.13. The molecule has 3 aromatic carbocycles. The highest BCUT2D eigenvalue weighted by molar-refractivity contribution is 7.89. The molecule has 0 bridgehead atoms. The quantitative estimate of drug-likeness (QED) is 0.278. The largest absolute Gasteiger partial charge is 0.348 e. The van der Waals surface area contributed by atoms with Crippen LogP contribution in [-0.2, 0) is 22.0 Å². The summed E-state index contributed by atoms with van der Waals surface area (Å²) in [5.74, 6) is 0.441. The summed E-state index contributed by atoms with van der Waals surface area (Å²) in [4.78, 5) is 13.2. The molecule has 1 atom stereocenters. The van der Waals surface area contributed by atoms with Gasteiger partial charge in [0.1, 0.15) is 5.82 Å². The molecule has 0 saturated carbocycles. The molecule has 202 valence electrons. The number of nitrogens with one attached hydrogen (secondary N) is 2. The van der Waals surface area contributed by atoms with Gasteiger partial charge in [0, 0.05) is 43.8 Å². The number of nitrogens with zero attached hydrogens (tertiary/aromatic N) is 4. The molecule has 10 heteroatoms. The van der Waals surface area contributed by atoms with Crippen molar-refractivity contribution < 1.29 is 8.42 Å². The Kier molecular flexibility index (Phi) is 7.16. The van der Waals surface area contributed by atoms with E-state index in [1.54, 1.807) is 18.3 Å². The number of fused-ring (bicyclic) bond motifs is 1. The van der Waals surface area contributed by atoms with Crippen molar-refractivity contribution in [2.24, 2.45) is 5.73 Å². The highest BCUT2D eigenvalue weighted by atomic mass is 32.2. The van der Waals surface area contributed by atoms with Crippen molar-refractivity contribution in [3.05, 3.63) is 96.2 Å². The predicted octanol–water partition coefficient (Wildman–Crippen LogP) is 4.64. The van der Waals surface area contributed by atoms with Gasteiger partial charge in [0.25, 0.3) is 0 Å². The fourth-order valence-electron chi connectivity index (χ4n) is 4.93. The van der Waals surface area contributed by atoms with E-state index < -0.39 is 15.6 Å². The molecular weight excluding hydrogens is 510 g/mol. The molecule has 1 unspecified atom stereocenters. The Balaban J connectivity index is 1.33. The van der Waals surface area contributed by atoms with Gasteiger partial charge in [-0.05, 0) is 54.4 Å². The third kappa shape index (κ3) is 5.97. The average molecular weight is 544 g/mol. The average Bonchev–Trinajstić information content (AvgIpc) is 3.19. The molecule has 39 heavy (non-hydrogen) atoms. The van der Waals surface area contributed by atoms with Crippen LogP contribution in [-0.4, -0.2) is 44.0 Å². The van der Waals surface area contributed by atoms with Gasteiger partial charge in [0.05, 0.1) is 17.1 Å². The summed E-state index contributed by atoms with van der Waals surface area (Å²) in [6.45, 7) is 2.88. The first-order valence-corrected chi connectivity index (χ1v) is 14.8. The van der Waals surface area contributed by atoms with Gasteiger partial charge in [-0.25, -0.2) is 13.4 Å². The zero-order chi connectivity index (χ0) is 27.6. The van der Waals surface area contributed by atoms with Gasteiger partial charge in [0.2, 0.25) is 5.95 Å². The lowest BCUT2D eigenvalue weighted by atomic mass is 10.1. The summed E-state index contributed by atoms with van der Waals surface area (Å²) in [5.41, 5.74) is 12.6. The molecule has 1 aliphatic rings. The Morgan fingerprint density at radius 2 is 1.77 bits per heavy atom. The Bertz CT molecular complexity index is 1560. The summed E-state index contributed by atoms with van der Waals surface area (Å²) in [6.07, 6.45) is 3.59. The van der Waals surface area contributed by atoms with Crippen LogP contribution in [0, 0.1) is 0 Å². The number of benzene rings is 3. The third-order valence-corrected chi connectivity index (χ3v) is 7.60. The highest BCUT2D eigenvalue weighted by Gasteiger charge is 2.39. The van der Waals surface area contributed by atoms with Crippen LogP contribution in [0.15, 0.2) is 85.1 Å². The van der Waals surface area contributed by atoms with Gasteiger partial charge in [-0.3, -0.25) is 5.73 Å². The number of rotatable bonds is 9. The van der Waals surface area contributed by atoms with Crippen LogP contribution >= 0.6 is 0 Å². The number of nitrogens with two attached hydrogens (primary N) is 1. The summed E-state index contributed by atoms with van der Waals surface area (Å²) < 4.78 is 23.1. The van der Waals surface area contributed by atoms with Crippen LogP contribution in [0.1, 0.15) is 18.1 Å². The first-order chi connectivity index (χ1) is 18.6. The molecule has 0 saturated heterocycles. The van der Waals surface area contributed by atoms with E-state index in [0.717, 1.165) is 40.7 Å². The molecule has 2 heterocycles. The molecule has 0 amide bonds. The molecule has 1 aromatic heterocycles. The number of sulfone groups is 1. The van der Waals surface area contributed by atoms with E-state index >= 15 is 0 Å². The maximum atomic E-state index is 11.5. The van der Waals surface area contributed by atoms with Crippen LogP contribution < -0.4 is 26.2 Å². The first-order valence-electron chi connectivity index (χ1n) is 12.8. The molecule has 0 spiro atoms. The number of hydrogen-bond donors (Lipinski definition) is 3. The molecule has 0 radical (unpaired) electrons. The van der Waals surface area contributed by atoms with Crippen molar-refractivity contribution in [2.45, 2.75) is 24.9 Å². The molecule has 9 nitrogen and oxygen atoms in total. The molecule has 1 aliphatic heterocycles. The van der Waals surface area contributed by atoms with E-state index in [1.165, 1.54) is 11.8 Å². The fourth-order valence-corrected chi connectivity index (χ4v) is 5.73. The second kappa shape index (κ2) is 10.5. The minimum atomic E-state index is -3.08. The van der Waals surface area contributed by atoms with Gasteiger partial charge < -0.3 is 20.4 Å². The minimum Gasteiger partial charge on any atom is -0.348 e. The summed E-state index contributed by atoms with van der Waals surface area (Å²) >= 11 is 0. The molecule has 4 aromatic rings. The molecular formula is C29H33N7O2S. The molecule has 0 fully saturated rings. The van der Waals surface area contributed by atoms with E-state index in [4.69, 9.17) is 5.73 Å². The lowest BCUT2D eigenvalue weighted by Crippen LogP contribution is -2.60. The minimum absolute atomic E-state index is 0.00719. The lowest BCUT2D eigenvalue weighted by Gasteiger charge is -2.36. The molecule has 4 N–H and O–H groups in total. The Hall–Kier alpha value is -4.15. The summed E-state index contributed by atoms with van der Waals surface area (Å²) in [6, 6.07) is 25.6. The maximum absolute atomic E-state index is 11.5. The Labute approximate surface area is 229 Å². The SMILES string of the molecule is CCN1c2ccc(N(C)c3ccnc(Nc4ccc(CS(C)(=O)=O)cc4)n3)cc2NC1(N)Cc1ccccc1. The van der Waals surface area contributed by atoms with Crippen molar-refractivity contribution in [1.82, 2.24) is 9.97 Å².